The summed E-state index contributed by atoms with van der Waals surface area (Å²) in [5.41, 5.74) is 0. The zero-order valence-corrected chi connectivity index (χ0v) is 18.8. The molecule has 2 rings (SSSR count). The summed E-state index contributed by atoms with van der Waals surface area (Å²) >= 11 is 0. The number of carbonyl (C=O) groups excluding carboxylic acids is 4. The van der Waals surface area contributed by atoms with Crippen molar-refractivity contribution in [1.29, 1.82) is 0 Å². The molecule has 2 aromatic rings. The normalized spacial score (nSPS) is 10.8. The van der Waals surface area contributed by atoms with E-state index >= 15 is 0 Å². The van der Waals surface area contributed by atoms with E-state index in [4.69, 9.17) is 9.47 Å². The molecular formula is C25H27N3O6. The van der Waals surface area contributed by atoms with E-state index in [1.54, 1.807) is 66.7 Å². The predicted octanol–water partition coefficient (Wildman–Crippen LogP) is 4.92. The Morgan fingerprint density at radius 1 is 0.765 bits per heavy atom. The number of amides is 2. The maximum absolute atomic E-state index is 12.8. The second-order valence-electron chi connectivity index (χ2n) is 7.42. The Labute approximate surface area is 198 Å². The lowest BCUT2D eigenvalue weighted by molar-refractivity contribution is 0.130. The van der Waals surface area contributed by atoms with Crippen LogP contribution in [-0.2, 0) is 9.59 Å². The summed E-state index contributed by atoms with van der Waals surface area (Å²) in [6.07, 6.45) is 4.68. The van der Waals surface area contributed by atoms with Gasteiger partial charge in [-0.3, -0.25) is 0 Å². The van der Waals surface area contributed by atoms with Gasteiger partial charge in [0.25, 0.3) is 0 Å². The molecule has 0 aliphatic carbocycles. The average molecular weight is 466 g/mol. The number of ether oxygens (including phenoxy) is 2. The SMILES string of the molecule is O=C=NCCCCC(CCCN(C(=O)Oc1ccccc1)C(=O)Oc1ccccc1)CN=C=O. The van der Waals surface area contributed by atoms with E-state index in [9.17, 15) is 19.2 Å². The minimum atomic E-state index is -0.846. The van der Waals surface area contributed by atoms with Crippen molar-refractivity contribution >= 4 is 24.3 Å². The summed E-state index contributed by atoms with van der Waals surface area (Å²) in [4.78, 5) is 54.3. The molecule has 0 spiro atoms. The number of unbranched alkanes of at least 4 members (excludes halogenated alkanes) is 1. The number of hydrogen-bond acceptors (Lipinski definition) is 8. The van der Waals surface area contributed by atoms with Crippen molar-refractivity contribution in [2.45, 2.75) is 32.1 Å². The van der Waals surface area contributed by atoms with Crippen LogP contribution in [0.2, 0.25) is 0 Å². The molecule has 0 radical (unpaired) electrons. The van der Waals surface area contributed by atoms with E-state index < -0.39 is 12.2 Å². The molecule has 0 aromatic heterocycles. The monoisotopic (exact) mass is 465 g/mol. The van der Waals surface area contributed by atoms with Gasteiger partial charge in [-0.2, -0.15) is 0 Å². The van der Waals surface area contributed by atoms with Crippen LogP contribution in [0.4, 0.5) is 9.59 Å². The van der Waals surface area contributed by atoms with Crippen LogP contribution in [0, 0.1) is 5.92 Å². The smallest absolute Gasteiger partial charge is 0.410 e. The highest BCUT2D eigenvalue weighted by atomic mass is 16.6. The first-order chi connectivity index (χ1) is 16.6. The fourth-order valence-electron chi connectivity index (χ4n) is 3.25. The first-order valence-corrected chi connectivity index (χ1v) is 11.0. The number of nitrogens with zero attached hydrogens (tertiary/aromatic N) is 3. The number of hydrogen-bond donors (Lipinski definition) is 0. The fourth-order valence-corrected chi connectivity index (χ4v) is 3.25. The van der Waals surface area contributed by atoms with Crippen LogP contribution in [0.1, 0.15) is 32.1 Å². The largest absolute Gasteiger partial charge is 0.424 e. The lowest BCUT2D eigenvalue weighted by Crippen LogP contribution is -2.41. The topological polar surface area (TPSA) is 115 Å². The third-order valence-electron chi connectivity index (χ3n) is 4.94. The Bertz CT molecular complexity index is 933. The maximum Gasteiger partial charge on any atom is 0.424 e. The predicted molar refractivity (Wildman–Crippen MR) is 124 cm³/mol. The zero-order valence-electron chi connectivity index (χ0n) is 18.8. The maximum atomic E-state index is 12.8. The van der Waals surface area contributed by atoms with E-state index in [1.165, 1.54) is 6.08 Å². The molecule has 0 heterocycles. The Morgan fingerprint density at radius 3 is 1.82 bits per heavy atom. The molecule has 0 N–H and O–H groups in total. The van der Waals surface area contributed by atoms with E-state index in [0.29, 0.717) is 37.4 Å². The van der Waals surface area contributed by atoms with E-state index in [1.807, 2.05) is 0 Å². The van der Waals surface area contributed by atoms with Gasteiger partial charge in [-0.1, -0.05) is 42.8 Å². The molecule has 1 atom stereocenters. The molecule has 9 heteroatoms. The highest BCUT2D eigenvalue weighted by Gasteiger charge is 2.26. The molecular weight excluding hydrogens is 438 g/mol. The summed E-state index contributed by atoms with van der Waals surface area (Å²) in [7, 11) is 0. The van der Waals surface area contributed by atoms with Gasteiger partial charge in [-0.15, -0.1) is 0 Å². The van der Waals surface area contributed by atoms with Crippen LogP contribution in [0.5, 0.6) is 11.5 Å². The molecule has 9 nitrogen and oxygen atoms in total. The van der Waals surface area contributed by atoms with Crippen molar-refractivity contribution < 1.29 is 28.7 Å². The summed E-state index contributed by atoms with van der Waals surface area (Å²) in [5, 5.41) is 0. The number of imide groups is 1. The quantitative estimate of drug-likeness (QED) is 0.235. The number of benzene rings is 2. The van der Waals surface area contributed by atoms with Gasteiger partial charge in [-0.25, -0.2) is 34.1 Å². The van der Waals surface area contributed by atoms with Crippen molar-refractivity contribution in [3.05, 3.63) is 60.7 Å². The summed E-state index contributed by atoms with van der Waals surface area (Å²) in [6, 6.07) is 16.9. The van der Waals surface area contributed by atoms with Crippen molar-refractivity contribution in [1.82, 2.24) is 4.90 Å². The van der Waals surface area contributed by atoms with Crippen LogP contribution in [0.3, 0.4) is 0 Å². The Balaban J connectivity index is 2.00. The molecule has 0 aliphatic heterocycles. The van der Waals surface area contributed by atoms with Crippen LogP contribution in [0.15, 0.2) is 70.6 Å². The first-order valence-electron chi connectivity index (χ1n) is 11.0. The Kier molecular flexibility index (Phi) is 12.1. The van der Waals surface area contributed by atoms with Crippen molar-refractivity contribution in [2.75, 3.05) is 19.6 Å². The van der Waals surface area contributed by atoms with Gasteiger partial charge in [0.1, 0.15) is 11.5 Å². The summed E-state index contributed by atoms with van der Waals surface area (Å²) < 4.78 is 10.7. The van der Waals surface area contributed by atoms with Crippen molar-refractivity contribution in [3.63, 3.8) is 0 Å². The molecule has 178 valence electrons. The third kappa shape index (κ3) is 10.0. The number of isocyanates is 2. The van der Waals surface area contributed by atoms with Crippen LogP contribution in [0.25, 0.3) is 0 Å². The van der Waals surface area contributed by atoms with Gasteiger partial charge in [0.05, 0.1) is 13.1 Å². The molecule has 2 amide bonds. The Morgan fingerprint density at radius 2 is 1.29 bits per heavy atom. The number of aliphatic imine (C=N–C) groups is 2. The molecule has 0 saturated carbocycles. The fraction of sp³-hybridized carbons (Fsp3) is 0.360. The molecule has 0 bridgehead atoms. The minimum absolute atomic E-state index is 0.0544. The van der Waals surface area contributed by atoms with Gasteiger partial charge >= 0.3 is 12.2 Å². The highest BCUT2D eigenvalue weighted by molar-refractivity contribution is 5.89. The highest BCUT2D eigenvalue weighted by Crippen LogP contribution is 2.18. The lowest BCUT2D eigenvalue weighted by Gasteiger charge is -2.21. The number of rotatable bonds is 13. The molecule has 34 heavy (non-hydrogen) atoms. The Hall–Kier alpha value is -4.06. The number of para-hydroxylation sites is 2. The van der Waals surface area contributed by atoms with Crippen LogP contribution >= 0.6 is 0 Å². The van der Waals surface area contributed by atoms with Crippen molar-refractivity contribution in [2.24, 2.45) is 15.9 Å². The minimum Gasteiger partial charge on any atom is -0.410 e. The standard InChI is InChI=1S/C25H27N3O6/c29-19-26-16-8-7-10-21(18-27-20-30)11-9-17-28(24(31)33-22-12-3-1-4-13-22)25(32)34-23-14-5-2-6-15-23/h1-6,12-15,21H,7-11,16-18H2. The summed E-state index contributed by atoms with van der Waals surface area (Å²) in [5.74, 6) is 0.668. The van der Waals surface area contributed by atoms with Gasteiger partial charge in [0.2, 0.25) is 12.2 Å². The molecule has 1 unspecified atom stereocenters. The van der Waals surface area contributed by atoms with Gasteiger partial charge < -0.3 is 9.47 Å². The molecule has 2 aromatic carbocycles. The second kappa shape index (κ2) is 15.7. The lowest BCUT2D eigenvalue weighted by atomic mass is 9.96. The van der Waals surface area contributed by atoms with E-state index in [-0.39, 0.29) is 12.5 Å². The van der Waals surface area contributed by atoms with Gasteiger partial charge in [0.15, 0.2) is 0 Å². The van der Waals surface area contributed by atoms with Crippen LogP contribution in [-0.4, -0.2) is 48.9 Å². The summed E-state index contributed by atoms with van der Waals surface area (Å²) in [6.45, 7) is 0.759. The molecule has 0 fully saturated rings. The van der Waals surface area contributed by atoms with Gasteiger partial charge in [0, 0.05) is 6.54 Å². The first kappa shape index (κ1) is 26.2. The molecule has 0 aliphatic rings. The average Bonchev–Trinajstić information content (AvgIpc) is 2.85. The third-order valence-corrected chi connectivity index (χ3v) is 4.94. The molecule has 0 saturated heterocycles. The van der Waals surface area contributed by atoms with Crippen LogP contribution < -0.4 is 9.47 Å². The van der Waals surface area contributed by atoms with Gasteiger partial charge in [-0.05, 0) is 55.9 Å². The van der Waals surface area contributed by atoms with E-state index in [0.717, 1.165) is 24.2 Å². The van der Waals surface area contributed by atoms with E-state index in [2.05, 4.69) is 9.98 Å². The number of carbonyl (C=O) groups is 2. The second-order valence-corrected chi connectivity index (χ2v) is 7.42. The van der Waals surface area contributed by atoms with Crippen molar-refractivity contribution in [3.8, 4) is 11.5 Å². The zero-order chi connectivity index (χ0) is 24.4.